The van der Waals surface area contributed by atoms with Gasteiger partial charge in [-0.15, -0.1) is 0 Å². The van der Waals surface area contributed by atoms with Crippen LogP contribution in [0.15, 0.2) is 24.3 Å². The van der Waals surface area contributed by atoms with Crippen LogP contribution in [-0.4, -0.2) is 26.9 Å². The van der Waals surface area contributed by atoms with Crippen molar-refractivity contribution in [1.29, 1.82) is 0 Å². The molecule has 0 saturated heterocycles. The standard InChI is InChI=1S/C9H7N2OSSe/c10-8(12)7(14)9-11-5-3-1-2-4-6(5)13-9/h1-4,7H,(H2,10,12). The topological polar surface area (TPSA) is 56.0 Å². The summed E-state index contributed by atoms with van der Waals surface area (Å²) in [7, 11) is 0. The molecule has 0 aliphatic carbocycles. The zero-order valence-corrected chi connectivity index (χ0v) is 9.67. The number of carbonyl (C=O) groups is 1. The van der Waals surface area contributed by atoms with E-state index in [2.05, 4.69) is 21.0 Å². The maximum atomic E-state index is 10.9. The Hall–Kier alpha value is -0.901. The van der Waals surface area contributed by atoms with E-state index >= 15 is 0 Å². The molecule has 1 amide bonds. The fourth-order valence-corrected chi connectivity index (χ4v) is 2.49. The average molecular weight is 270 g/mol. The molecular weight excluding hydrogens is 263 g/mol. The normalized spacial score (nSPS) is 12.9. The Morgan fingerprint density at radius 3 is 2.86 bits per heavy atom. The number of aromatic nitrogens is 1. The summed E-state index contributed by atoms with van der Waals surface area (Å²) in [5, 5.41) is 0.735. The first-order chi connectivity index (χ1) is 6.68. The van der Waals surface area contributed by atoms with Crippen LogP contribution in [0.25, 0.3) is 10.2 Å². The fourth-order valence-electron chi connectivity index (χ4n) is 1.12. The Labute approximate surface area is 93.1 Å². The van der Waals surface area contributed by atoms with Crippen LogP contribution in [-0.2, 0) is 4.79 Å². The van der Waals surface area contributed by atoms with Gasteiger partial charge in [-0.25, -0.2) is 0 Å². The van der Waals surface area contributed by atoms with Gasteiger partial charge in [-0.05, 0) is 0 Å². The molecule has 2 aromatic rings. The molecule has 1 aromatic heterocycles. The van der Waals surface area contributed by atoms with E-state index in [1.54, 1.807) is 0 Å². The molecule has 5 heteroatoms. The van der Waals surface area contributed by atoms with Gasteiger partial charge in [0.25, 0.3) is 0 Å². The number of primary amides is 1. The molecule has 2 N–H and O–H groups in total. The van der Waals surface area contributed by atoms with E-state index in [9.17, 15) is 4.79 Å². The van der Waals surface area contributed by atoms with E-state index in [1.807, 2.05) is 24.3 Å². The van der Waals surface area contributed by atoms with Gasteiger partial charge in [-0.1, -0.05) is 0 Å². The number of hydrogen-bond acceptors (Lipinski definition) is 3. The Morgan fingerprint density at radius 1 is 1.50 bits per heavy atom. The van der Waals surface area contributed by atoms with Crippen LogP contribution >= 0.6 is 11.3 Å². The predicted molar refractivity (Wildman–Crippen MR) is 57.3 cm³/mol. The summed E-state index contributed by atoms with van der Waals surface area (Å²) in [6.45, 7) is 0. The van der Waals surface area contributed by atoms with E-state index in [-0.39, 0.29) is 5.91 Å². The van der Waals surface area contributed by atoms with Gasteiger partial charge in [-0.3, -0.25) is 0 Å². The van der Waals surface area contributed by atoms with E-state index in [0.29, 0.717) is 0 Å². The molecule has 2 rings (SSSR count). The molecule has 0 fully saturated rings. The van der Waals surface area contributed by atoms with Gasteiger partial charge in [0.15, 0.2) is 0 Å². The van der Waals surface area contributed by atoms with Crippen LogP contribution in [0.1, 0.15) is 9.82 Å². The summed E-state index contributed by atoms with van der Waals surface area (Å²) in [5.41, 5.74) is 6.10. The van der Waals surface area contributed by atoms with Gasteiger partial charge in [-0.2, -0.15) is 0 Å². The SMILES string of the molecule is NC(=O)C([Se])c1nc2ccccc2s1. The number of fused-ring (bicyclic) bond motifs is 1. The van der Waals surface area contributed by atoms with Crippen molar-refractivity contribution in [2.24, 2.45) is 5.73 Å². The molecule has 1 atom stereocenters. The summed E-state index contributed by atoms with van der Waals surface area (Å²) < 4.78 is 1.07. The number of rotatable bonds is 2. The third-order valence-electron chi connectivity index (χ3n) is 1.79. The monoisotopic (exact) mass is 271 g/mol. The quantitative estimate of drug-likeness (QED) is 0.827. The molecule has 0 saturated carbocycles. The Morgan fingerprint density at radius 2 is 2.21 bits per heavy atom. The van der Waals surface area contributed by atoms with Crippen molar-refractivity contribution in [2.45, 2.75) is 4.82 Å². The Kier molecular flexibility index (Phi) is 2.54. The second-order valence-corrected chi connectivity index (χ2v) is 4.85. The molecule has 0 aliphatic rings. The number of nitrogens with zero attached hydrogens (tertiary/aromatic N) is 1. The minimum atomic E-state index is -0.424. The summed E-state index contributed by atoms with van der Waals surface area (Å²) >= 11 is 4.22. The van der Waals surface area contributed by atoms with Crippen molar-refractivity contribution in [3.8, 4) is 0 Å². The number of carbonyl (C=O) groups excluding carboxylic acids is 1. The van der Waals surface area contributed by atoms with E-state index in [0.717, 1.165) is 15.2 Å². The fraction of sp³-hybridized carbons (Fsp3) is 0.111. The summed E-state index contributed by atoms with van der Waals surface area (Å²) in [6, 6.07) is 7.76. The van der Waals surface area contributed by atoms with Crippen molar-refractivity contribution < 1.29 is 4.79 Å². The summed E-state index contributed by atoms with van der Waals surface area (Å²) in [4.78, 5) is 14.8. The Bertz CT molecular complexity index is 449. The molecule has 1 radical (unpaired) electrons. The first-order valence-corrected chi connectivity index (χ1v) is 5.79. The number of para-hydroxylation sites is 1. The summed E-state index contributed by atoms with van der Waals surface area (Å²) in [6.07, 6.45) is 0. The van der Waals surface area contributed by atoms with Crippen LogP contribution in [0.2, 0.25) is 0 Å². The first kappa shape index (κ1) is 9.65. The Balaban J connectivity index is 2.50. The second kappa shape index (κ2) is 3.69. The minimum absolute atomic E-state index is 0.385. The van der Waals surface area contributed by atoms with Crippen LogP contribution in [0.5, 0.6) is 0 Å². The van der Waals surface area contributed by atoms with Crippen LogP contribution in [0.4, 0.5) is 0 Å². The van der Waals surface area contributed by atoms with Gasteiger partial charge in [0.1, 0.15) is 0 Å². The van der Waals surface area contributed by atoms with Crippen molar-refractivity contribution in [3.63, 3.8) is 0 Å². The number of amides is 1. The van der Waals surface area contributed by atoms with Crippen molar-refractivity contribution in [3.05, 3.63) is 29.3 Å². The molecule has 1 unspecified atom stereocenters. The predicted octanol–water partition coefficient (Wildman–Crippen LogP) is 0.991. The van der Waals surface area contributed by atoms with Crippen molar-refractivity contribution in [1.82, 2.24) is 4.98 Å². The third-order valence-corrected chi connectivity index (χ3v) is 4.19. The van der Waals surface area contributed by atoms with Crippen LogP contribution in [0.3, 0.4) is 0 Å². The van der Waals surface area contributed by atoms with E-state index in [4.69, 9.17) is 5.73 Å². The van der Waals surface area contributed by atoms with Crippen molar-refractivity contribution >= 4 is 43.5 Å². The van der Waals surface area contributed by atoms with Gasteiger partial charge in [0.2, 0.25) is 0 Å². The second-order valence-electron chi connectivity index (χ2n) is 2.80. The molecule has 0 bridgehead atoms. The molecule has 1 heterocycles. The zero-order chi connectivity index (χ0) is 10.1. The summed E-state index contributed by atoms with van der Waals surface area (Å²) in [5.74, 6) is -0.385. The number of benzene rings is 1. The molecule has 0 aliphatic heterocycles. The van der Waals surface area contributed by atoms with E-state index in [1.165, 1.54) is 11.3 Å². The van der Waals surface area contributed by atoms with Crippen LogP contribution < -0.4 is 5.73 Å². The molecule has 14 heavy (non-hydrogen) atoms. The number of hydrogen-bond donors (Lipinski definition) is 1. The molecule has 0 spiro atoms. The molecule has 1 aromatic carbocycles. The molecular formula is C9H7N2OSSe. The molecule has 71 valence electrons. The third kappa shape index (κ3) is 1.66. The number of nitrogens with two attached hydrogens (primary N) is 1. The zero-order valence-electron chi connectivity index (χ0n) is 7.14. The van der Waals surface area contributed by atoms with E-state index < -0.39 is 4.82 Å². The van der Waals surface area contributed by atoms with Crippen molar-refractivity contribution in [2.75, 3.05) is 0 Å². The first-order valence-electron chi connectivity index (χ1n) is 3.99. The average Bonchev–Trinajstić information content (AvgIpc) is 2.59. The molecule has 3 nitrogen and oxygen atoms in total. The maximum absolute atomic E-state index is 10.9. The number of thiazole rings is 1. The van der Waals surface area contributed by atoms with Gasteiger partial charge in [0, 0.05) is 0 Å². The van der Waals surface area contributed by atoms with Gasteiger partial charge >= 0.3 is 93.1 Å². The van der Waals surface area contributed by atoms with Gasteiger partial charge in [0.05, 0.1) is 0 Å². The van der Waals surface area contributed by atoms with Gasteiger partial charge < -0.3 is 0 Å². The van der Waals surface area contributed by atoms with Crippen LogP contribution in [0, 0.1) is 0 Å².